The van der Waals surface area contributed by atoms with Gasteiger partial charge in [-0.05, 0) is 33.3 Å². The Kier molecular flexibility index (Phi) is 18.3. The average molecular weight is 557 g/mol. The van der Waals surface area contributed by atoms with Gasteiger partial charge in [0.05, 0.1) is 59.5 Å². The van der Waals surface area contributed by atoms with Gasteiger partial charge in [0.15, 0.2) is 0 Å². The lowest BCUT2D eigenvalue weighted by Gasteiger charge is -2.26. The van der Waals surface area contributed by atoms with Crippen molar-refractivity contribution in [1.29, 1.82) is 0 Å². The van der Waals surface area contributed by atoms with Crippen LogP contribution in [-0.4, -0.2) is 108 Å². The molecule has 0 spiro atoms. The summed E-state index contributed by atoms with van der Waals surface area (Å²) in [5.41, 5.74) is 0.245. The molecular formula is C27H44N2O10. The Labute approximate surface area is 231 Å². The SMILES string of the molecule is CCOC(=O)CN(CCOCCOCCOCCOCCNC(=O)OCc1ccccc1)C(=O)OC(C)(C)C. The number of nitrogens with one attached hydrogen (secondary N) is 1. The topological polar surface area (TPSA) is 131 Å². The number of hydrogen-bond acceptors (Lipinski definition) is 10. The van der Waals surface area contributed by atoms with E-state index in [4.69, 9.17) is 33.2 Å². The van der Waals surface area contributed by atoms with Crippen molar-refractivity contribution in [3.8, 4) is 0 Å². The minimum atomic E-state index is -0.678. The molecule has 0 fully saturated rings. The Morgan fingerprint density at radius 2 is 1.36 bits per heavy atom. The minimum absolute atomic E-state index is 0.182. The summed E-state index contributed by atoms with van der Waals surface area (Å²) in [5, 5.41) is 2.62. The number of rotatable bonds is 20. The molecule has 0 saturated heterocycles. The van der Waals surface area contributed by atoms with Gasteiger partial charge in [0.25, 0.3) is 0 Å². The molecule has 2 amide bonds. The van der Waals surface area contributed by atoms with E-state index in [0.717, 1.165) is 5.56 Å². The molecule has 0 saturated carbocycles. The van der Waals surface area contributed by atoms with Gasteiger partial charge in [-0.1, -0.05) is 30.3 Å². The Bertz CT molecular complexity index is 802. The van der Waals surface area contributed by atoms with Crippen molar-refractivity contribution >= 4 is 18.2 Å². The molecule has 0 atom stereocenters. The van der Waals surface area contributed by atoms with E-state index in [1.54, 1.807) is 27.7 Å². The summed E-state index contributed by atoms with van der Waals surface area (Å²) in [7, 11) is 0. The molecule has 0 aliphatic heterocycles. The highest BCUT2D eigenvalue weighted by Gasteiger charge is 2.24. The molecular weight excluding hydrogens is 512 g/mol. The summed E-state index contributed by atoms with van der Waals surface area (Å²) in [4.78, 5) is 37.0. The lowest BCUT2D eigenvalue weighted by atomic mass is 10.2. The fourth-order valence-corrected chi connectivity index (χ4v) is 2.86. The zero-order chi connectivity index (χ0) is 28.8. The first-order valence-corrected chi connectivity index (χ1v) is 13.1. The first-order chi connectivity index (χ1) is 18.7. The van der Waals surface area contributed by atoms with Crippen LogP contribution in [-0.2, 0) is 44.6 Å². The monoisotopic (exact) mass is 556 g/mol. The maximum atomic E-state index is 12.3. The number of carbonyl (C=O) groups is 3. The quantitative estimate of drug-likeness (QED) is 0.145. The Morgan fingerprint density at radius 3 is 1.92 bits per heavy atom. The van der Waals surface area contributed by atoms with Gasteiger partial charge >= 0.3 is 18.2 Å². The molecule has 39 heavy (non-hydrogen) atoms. The molecule has 1 N–H and O–H groups in total. The minimum Gasteiger partial charge on any atom is -0.465 e. The van der Waals surface area contributed by atoms with Gasteiger partial charge in [-0.15, -0.1) is 0 Å². The van der Waals surface area contributed by atoms with Crippen molar-refractivity contribution in [2.75, 3.05) is 79.1 Å². The third-order valence-corrected chi connectivity index (χ3v) is 4.63. The molecule has 0 aliphatic rings. The molecule has 0 aromatic heterocycles. The first-order valence-electron chi connectivity index (χ1n) is 13.1. The fourth-order valence-electron chi connectivity index (χ4n) is 2.86. The normalized spacial score (nSPS) is 11.1. The lowest BCUT2D eigenvalue weighted by Crippen LogP contribution is -2.42. The second kappa shape index (κ2) is 21.0. The van der Waals surface area contributed by atoms with E-state index in [9.17, 15) is 14.4 Å². The highest BCUT2D eigenvalue weighted by atomic mass is 16.6. The van der Waals surface area contributed by atoms with Gasteiger partial charge in [-0.2, -0.15) is 0 Å². The second-order valence-electron chi connectivity index (χ2n) is 9.14. The molecule has 12 nitrogen and oxygen atoms in total. The first kappa shape index (κ1) is 34.1. The van der Waals surface area contributed by atoms with Crippen LogP contribution >= 0.6 is 0 Å². The van der Waals surface area contributed by atoms with E-state index in [1.807, 2.05) is 30.3 Å². The van der Waals surface area contributed by atoms with Crippen molar-refractivity contribution in [1.82, 2.24) is 10.2 Å². The van der Waals surface area contributed by atoms with Crippen LogP contribution in [0.15, 0.2) is 30.3 Å². The zero-order valence-electron chi connectivity index (χ0n) is 23.6. The molecule has 1 rings (SSSR count). The van der Waals surface area contributed by atoms with Crippen LogP contribution in [0.1, 0.15) is 33.3 Å². The van der Waals surface area contributed by atoms with Crippen LogP contribution in [0.2, 0.25) is 0 Å². The Morgan fingerprint density at radius 1 is 0.795 bits per heavy atom. The van der Waals surface area contributed by atoms with Crippen LogP contribution in [0.25, 0.3) is 0 Å². The number of carbonyl (C=O) groups excluding carboxylic acids is 3. The van der Waals surface area contributed by atoms with Gasteiger partial charge in [0, 0.05) is 13.1 Å². The molecule has 0 bridgehead atoms. The molecule has 0 unspecified atom stereocenters. The smallest absolute Gasteiger partial charge is 0.410 e. The third-order valence-electron chi connectivity index (χ3n) is 4.63. The van der Waals surface area contributed by atoms with E-state index in [-0.39, 0.29) is 32.9 Å². The van der Waals surface area contributed by atoms with Crippen LogP contribution in [0, 0.1) is 0 Å². The van der Waals surface area contributed by atoms with E-state index in [1.165, 1.54) is 4.90 Å². The number of alkyl carbamates (subject to hydrolysis) is 1. The van der Waals surface area contributed by atoms with E-state index in [2.05, 4.69) is 5.32 Å². The molecule has 0 heterocycles. The molecule has 1 aromatic carbocycles. The number of nitrogens with zero attached hydrogens (tertiary/aromatic N) is 1. The average Bonchev–Trinajstić information content (AvgIpc) is 2.88. The van der Waals surface area contributed by atoms with Crippen molar-refractivity contribution in [2.24, 2.45) is 0 Å². The highest BCUT2D eigenvalue weighted by molar-refractivity contribution is 5.78. The Balaban J connectivity index is 1.96. The van der Waals surface area contributed by atoms with Crippen molar-refractivity contribution in [3.63, 3.8) is 0 Å². The van der Waals surface area contributed by atoms with Gasteiger partial charge in [-0.3, -0.25) is 9.69 Å². The van der Waals surface area contributed by atoms with Crippen LogP contribution < -0.4 is 5.32 Å². The number of ether oxygens (including phenoxy) is 7. The van der Waals surface area contributed by atoms with Crippen molar-refractivity contribution in [2.45, 2.75) is 39.9 Å². The van der Waals surface area contributed by atoms with Gasteiger partial charge in [0.1, 0.15) is 18.8 Å². The van der Waals surface area contributed by atoms with Crippen LogP contribution in [0.3, 0.4) is 0 Å². The molecule has 1 aromatic rings. The maximum Gasteiger partial charge on any atom is 0.410 e. The van der Waals surface area contributed by atoms with Crippen molar-refractivity contribution in [3.05, 3.63) is 35.9 Å². The summed E-state index contributed by atoms with van der Waals surface area (Å²) < 4.78 is 37.1. The van der Waals surface area contributed by atoms with E-state index < -0.39 is 23.8 Å². The summed E-state index contributed by atoms with van der Waals surface area (Å²) >= 11 is 0. The predicted octanol–water partition coefficient (Wildman–Crippen LogP) is 2.78. The number of esters is 1. The second-order valence-corrected chi connectivity index (χ2v) is 9.14. The summed E-state index contributed by atoms with van der Waals surface area (Å²) in [6.07, 6.45) is -1.09. The summed E-state index contributed by atoms with van der Waals surface area (Å²) in [6.45, 7) is 10.6. The largest absolute Gasteiger partial charge is 0.465 e. The van der Waals surface area contributed by atoms with E-state index in [0.29, 0.717) is 52.8 Å². The highest BCUT2D eigenvalue weighted by Crippen LogP contribution is 2.10. The van der Waals surface area contributed by atoms with Gasteiger partial charge in [-0.25, -0.2) is 9.59 Å². The summed E-state index contributed by atoms with van der Waals surface area (Å²) in [5.74, 6) is -0.506. The van der Waals surface area contributed by atoms with Crippen molar-refractivity contribution < 1.29 is 47.5 Å². The fraction of sp³-hybridized carbons (Fsp3) is 0.667. The lowest BCUT2D eigenvalue weighted by molar-refractivity contribution is -0.144. The molecule has 0 aliphatic carbocycles. The molecule has 0 radical (unpaired) electrons. The van der Waals surface area contributed by atoms with Gasteiger partial charge < -0.3 is 38.5 Å². The third kappa shape index (κ3) is 19.7. The van der Waals surface area contributed by atoms with Gasteiger partial charge in [0.2, 0.25) is 0 Å². The standard InChI is InChI=1S/C27H44N2O10/c1-5-37-24(30)21-29(26(32)39-27(2,3)4)12-14-34-16-18-36-20-19-35-17-15-33-13-11-28-25(31)38-22-23-9-7-6-8-10-23/h6-10H,5,11-22H2,1-4H3,(H,28,31). The number of hydrogen-bond donors (Lipinski definition) is 1. The summed E-state index contributed by atoms with van der Waals surface area (Å²) in [6, 6.07) is 9.44. The van der Waals surface area contributed by atoms with Crippen LogP contribution in [0.4, 0.5) is 9.59 Å². The number of benzene rings is 1. The zero-order valence-corrected chi connectivity index (χ0v) is 23.6. The Hall–Kier alpha value is -2.93. The van der Waals surface area contributed by atoms with E-state index >= 15 is 0 Å². The molecule has 12 heteroatoms. The number of amides is 2. The predicted molar refractivity (Wildman–Crippen MR) is 142 cm³/mol. The van der Waals surface area contributed by atoms with Crippen LogP contribution in [0.5, 0.6) is 0 Å². The molecule has 222 valence electrons. The maximum absolute atomic E-state index is 12.3.